The van der Waals surface area contributed by atoms with Crippen LogP contribution in [0, 0.1) is 0 Å². The van der Waals surface area contributed by atoms with Crippen molar-refractivity contribution >= 4 is 0 Å². The van der Waals surface area contributed by atoms with Crippen molar-refractivity contribution < 1.29 is 4.74 Å². The highest BCUT2D eigenvalue weighted by Crippen LogP contribution is 2.19. The zero-order valence-electron chi connectivity index (χ0n) is 8.42. The molecule has 0 amide bonds. The van der Waals surface area contributed by atoms with Crippen molar-refractivity contribution in [3.8, 4) is 11.4 Å². The number of nitrogens with zero attached hydrogens (tertiary/aromatic N) is 3. The van der Waals surface area contributed by atoms with E-state index in [0.717, 1.165) is 17.0 Å². The number of aromatic nitrogens is 3. The van der Waals surface area contributed by atoms with Gasteiger partial charge in [0.1, 0.15) is 5.75 Å². The predicted molar refractivity (Wildman–Crippen MR) is 55.8 cm³/mol. The second kappa shape index (κ2) is 4.10. The molecule has 5 nitrogen and oxygen atoms in total. The van der Waals surface area contributed by atoms with Gasteiger partial charge in [-0.05, 0) is 23.8 Å². The quantitative estimate of drug-likeness (QED) is 0.800. The van der Waals surface area contributed by atoms with Gasteiger partial charge in [0.05, 0.1) is 25.2 Å². The minimum atomic E-state index is 0.425. The molecule has 0 bridgehead atoms. The number of ether oxygens (including phenoxy) is 1. The minimum Gasteiger partial charge on any atom is -0.497 e. The van der Waals surface area contributed by atoms with Crippen molar-refractivity contribution in [3.63, 3.8) is 0 Å². The molecular weight excluding hydrogens is 192 g/mol. The number of hydrogen-bond donors (Lipinski definition) is 1. The van der Waals surface area contributed by atoms with Gasteiger partial charge in [0, 0.05) is 6.54 Å². The normalized spacial score (nSPS) is 10.3. The standard InChI is InChI=1S/C10H12N4O/c1-15-9-2-3-10(8(6-9)7-11)14-12-4-5-13-14/h2-6H,7,11H2,1H3. The van der Waals surface area contributed by atoms with Crippen LogP contribution in [0.2, 0.25) is 0 Å². The molecular formula is C10H12N4O. The van der Waals surface area contributed by atoms with Crippen LogP contribution in [-0.4, -0.2) is 22.1 Å². The Morgan fingerprint density at radius 1 is 1.33 bits per heavy atom. The lowest BCUT2D eigenvalue weighted by Crippen LogP contribution is -2.07. The Morgan fingerprint density at radius 2 is 2.07 bits per heavy atom. The SMILES string of the molecule is COc1ccc(-n2nccn2)c(CN)c1. The summed E-state index contributed by atoms with van der Waals surface area (Å²) in [5.41, 5.74) is 7.48. The Bertz CT molecular complexity index is 439. The van der Waals surface area contributed by atoms with E-state index in [1.165, 1.54) is 0 Å². The molecule has 0 spiro atoms. The van der Waals surface area contributed by atoms with Gasteiger partial charge in [-0.1, -0.05) is 0 Å². The van der Waals surface area contributed by atoms with E-state index in [2.05, 4.69) is 10.2 Å². The summed E-state index contributed by atoms with van der Waals surface area (Å²) in [5, 5.41) is 8.12. The van der Waals surface area contributed by atoms with Crippen LogP contribution < -0.4 is 10.5 Å². The van der Waals surface area contributed by atoms with Gasteiger partial charge in [0.2, 0.25) is 0 Å². The van der Waals surface area contributed by atoms with Crippen molar-refractivity contribution in [1.29, 1.82) is 0 Å². The fourth-order valence-corrected chi connectivity index (χ4v) is 1.39. The molecule has 1 heterocycles. The summed E-state index contributed by atoms with van der Waals surface area (Å²) in [5.74, 6) is 0.784. The van der Waals surface area contributed by atoms with Crippen LogP contribution in [0.1, 0.15) is 5.56 Å². The van der Waals surface area contributed by atoms with Crippen molar-refractivity contribution in [2.24, 2.45) is 5.73 Å². The third kappa shape index (κ3) is 1.82. The Balaban J connectivity index is 2.48. The third-order valence-electron chi connectivity index (χ3n) is 2.14. The molecule has 0 unspecified atom stereocenters. The van der Waals surface area contributed by atoms with E-state index in [9.17, 15) is 0 Å². The molecule has 1 aromatic carbocycles. The first kappa shape index (κ1) is 9.67. The van der Waals surface area contributed by atoms with Crippen molar-refractivity contribution in [2.75, 3.05) is 7.11 Å². The molecule has 0 aliphatic heterocycles. The molecule has 0 aliphatic rings. The van der Waals surface area contributed by atoms with Gasteiger partial charge in [-0.15, -0.1) is 0 Å². The first-order valence-electron chi connectivity index (χ1n) is 4.59. The van der Waals surface area contributed by atoms with Gasteiger partial charge in [-0.2, -0.15) is 15.0 Å². The molecule has 2 N–H and O–H groups in total. The summed E-state index contributed by atoms with van der Waals surface area (Å²) >= 11 is 0. The highest BCUT2D eigenvalue weighted by Gasteiger charge is 2.05. The van der Waals surface area contributed by atoms with Gasteiger partial charge in [-0.3, -0.25) is 0 Å². The van der Waals surface area contributed by atoms with Crippen LogP contribution in [-0.2, 0) is 6.54 Å². The maximum absolute atomic E-state index is 5.66. The second-order valence-electron chi connectivity index (χ2n) is 3.02. The van der Waals surface area contributed by atoms with Gasteiger partial charge in [0.15, 0.2) is 0 Å². The Labute approximate surface area is 87.5 Å². The molecule has 15 heavy (non-hydrogen) atoms. The third-order valence-corrected chi connectivity index (χ3v) is 2.14. The van der Waals surface area contributed by atoms with Gasteiger partial charge < -0.3 is 10.5 Å². The summed E-state index contributed by atoms with van der Waals surface area (Å²) in [6, 6.07) is 5.64. The molecule has 0 aliphatic carbocycles. The number of nitrogens with two attached hydrogens (primary N) is 1. The maximum Gasteiger partial charge on any atom is 0.119 e. The van der Waals surface area contributed by atoms with Gasteiger partial charge >= 0.3 is 0 Å². The van der Waals surface area contributed by atoms with Crippen LogP contribution in [0.5, 0.6) is 5.75 Å². The molecule has 0 saturated carbocycles. The summed E-state index contributed by atoms with van der Waals surface area (Å²) in [6.07, 6.45) is 3.26. The Kier molecular flexibility index (Phi) is 2.64. The van der Waals surface area contributed by atoms with Crippen LogP contribution in [0.25, 0.3) is 5.69 Å². The minimum absolute atomic E-state index is 0.425. The van der Waals surface area contributed by atoms with Crippen LogP contribution in [0.4, 0.5) is 0 Å². The van der Waals surface area contributed by atoms with Crippen LogP contribution in [0.3, 0.4) is 0 Å². The molecule has 5 heteroatoms. The van der Waals surface area contributed by atoms with E-state index in [-0.39, 0.29) is 0 Å². The number of benzene rings is 1. The number of methoxy groups -OCH3 is 1. The summed E-state index contributed by atoms with van der Waals surface area (Å²) in [6.45, 7) is 0.425. The number of rotatable bonds is 3. The first-order valence-corrected chi connectivity index (χ1v) is 4.59. The van der Waals surface area contributed by atoms with Crippen molar-refractivity contribution in [3.05, 3.63) is 36.2 Å². The lowest BCUT2D eigenvalue weighted by atomic mass is 10.1. The monoisotopic (exact) mass is 204 g/mol. The summed E-state index contributed by atoms with van der Waals surface area (Å²) in [4.78, 5) is 1.54. The molecule has 0 fully saturated rings. The van der Waals surface area contributed by atoms with Gasteiger partial charge in [0.25, 0.3) is 0 Å². The largest absolute Gasteiger partial charge is 0.497 e. The molecule has 0 saturated heterocycles. The lowest BCUT2D eigenvalue weighted by molar-refractivity contribution is 0.414. The highest BCUT2D eigenvalue weighted by molar-refractivity contribution is 5.44. The Morgan fingerprint density at radius 3 is 2.67 bits per heavy atom. The molecule has 0 radical (unpaired) electrons. The summed E-state index contributed by atoms with van der Waals surface area (Å²) < 4.78 is 5.12. The van der Waals surface area contributed by atoms with Crippen molar-refractivity contribution in [2.45, 2.75) is 6.54 Å². The number of hydrogen-bond acceptors (Lipinski definition) is 4. The first-order chi connectivity index (χ1) is 7.35. The van der Waals surface area contributed by atoms with Crippen molar-refractivity contribution in [1.82, 2.24) is 15.0 Å². The fourth-order valence-electron chi connectivity index (χ4n) is 1.39. The summed E-state index contributed by atoms with van der Waals surface area (Å²) in [7, 11) is 1.63. The topological polar surface area (TPSA) is 66.0 Å². The molecule has 2 rings (SSSR count). The maximum atomic E-state index is 5.66. The zero-order chi connectivity index (χ0) is 10.7. The highest BCUT2D eigenvalue weighted by atomic mass is 16.5. The molecule has 2 aromatic rings. The van der Waals surface area contributed by atoms with Crippen LogP contribution in [0.15, 0.2) is 30.6 Å². The van der Waals surface area contributed by atoms with E-state index in [0.29, 0.717) is 6.54 Å². The fraction of sp³-hybridized carbons (Fsp3) is 0.200. The molecule has 1 aromatic heterocycles. The molecule has 0 atom stereocenters. The average Bonchev–Trinajstić information content (AvgIpc) is 2.81. The smallest absolute Gasteiger partial charge is 0.119 e. The zero-order valence-corrected chi connectivity index (χ0v) is 8.42. The van der Waals surface area contributed by atoms with E-state index < -0.39 is 0 Å². The van der Waals surface area contributed by atoms with E-state index >= 15 is 0 Å². The van der Waals surface area contributed by atoms with E-state index in [4.69, 9.17) is 10.5 Å². The average molecular weight is 204 g/mol. The predicted octanol–water partition coefficient (Wildman–Crippen LogP) is 0.735. The Hall–Kier alpha value is -1.88. The van der Waals surface area contributed by atoms with E-state index in [1.807, 2.05) is 18.2 Å². The molecule has 78 valence electrons. The van der Waals surface area contributed by atoms with Gasteiger partial charge in [-0.25, -0.2) is 0 Å². The van der Waals surface area contributed by atoms with Crippen LogP contribution >= 0.6 is 0 Å². The second-order valence-corrected chi connectivity index (χ2v) is 3.02. The lowest BCUT2D eigenvalue weighted by Gasteiger charge is -2.08. The van der Waals surface area contributed by atoms with E-state index in [1.54, 1.807) is 24.3 Å².